The highest BCUT2D eigenvalue weighted by Gasteiger charge is 2.09. The Morgan fingerprint density at radius 2 is 1.62 bits per heavy atom. The zero-order valence-electron chi connectivity index (χ0n) is 7.38. The molecule has 1 nitrogen and oxygen atoms in total. The van der Waals surface area contributed by atoms with E-state index >= 15 is 0 Å². The Kier molecular flexibility index (Phi) is 3.77. The summed E-state index contributed by atoms with van der Waals surface area (Å²) >= 11 is 11.6. The van der Waals surface area contributed by atoms with Gasteiger partial charge >= 0.3 is 0 Å². The van der Waals surface area contributed by atoms with Gasteiger partial charge in [0.25, 0.3) is 0 Å². The Hall–Kier alpha value is -0.0500. The molecular weight excluding hydrogens is 227 g/mol. The smallest absolute Gasteiger partial charge is 0.0556 e. The van der Waals surface area contributed by atoms with Crippen molar-refractivity contribution in [2.45, 2.75) is 24.0 Å². The van der Waals surface area contributed by atoms with Crippen LogP contribution in [0.25, 0.3) is 0 Å². The fourth-order valence-corrected chi connectivity index (χ4v) is 2.60. The molecule has 13 heavy (non-hydrogen) atoms. The molecular formula is C9H10Cl2OS. The molecule has 0 aliphatic rings. The van der Waals surface area contributed by atoms with E-state index in [1.165, 1.54) is 0 Å². The van der Waals surface area contributed by atoms with Crippen LogP contribution in [0.15, 0.2) is 23.1 Å². The first-order valence-corrected chi connectivity index (χ1v) is 5.84. The van der Waals surface area contributed by atoms with Crippen LogP contribution in [0.1, 0.15) is 13.8 Å². The number of rotatable bonds is 2. The molecule has 4 heteroatoms. The van der Waals surface area contributed by atoms with E-state index in [0.29, 0.717) is 14.9 Å². The largest absolute Gasteiger partial charge is 0.254 e. The summed E-state index contributed by atoms with van der Waals surface area (Å²) in [5.74, 6) is 0. The molecule has 0 spiro atoms. The van der Waals surface area contributed by atoms with Gasteiger partial charge in [0.15, 0.2) is 0 Å². The molecule has 1 atom stereocenters. The van der Waals surface area contributed by atoms with Crippen LogP contribution in [0.3, 0.4) is 0 Å². The third kappa shape index (κ3) is 2.97. The lowest BCUT2D eigenvalue weighted by Gasteiger charge is -2.06. The second kappa shape index (κ2) is 4.45. The molecule has 0 radical (unpaired) electrons. The van der Waals surface area contributed by atoms with Gasteiger partial charge in [0, 0.05) is 20.2 Å². The molecule has 1 rings (SSSR count). The fraction of sp³-hybridized carbons (Fsp3) is 0.333. The van der Waals surface area contributed by atoms with E-state index in [4.69, 9.17) is 23.2 Å². The van der Waals surface area contributed by atoms with Gasteiger partial charge < -0.3 is 0 Å². The summed E-state index contributed by atoms with van der Waals surface area (Å²) in [6, 6.07) is 5.00. The number of benzene rings is 1. The van der Waals surface area contributed by atoms with E-state index in [2.05, 4.69) is 0 Å². The lowest BCUT2D eigenvalue weighted by atomic mass is 10.4. The summed E-state index contributed by atoms with van der Waals surface area (Å²) in [6.07, 6.45) is 0. The van der Waals surface area contributed by atoms with Crippen LogP contribution in [0.2, 0.25) is 10.0 Å². The molecule has 0 aromatic heterocycles. The van der Waals surface area contributed by atoms with E-state index in [9.17, 15) is 4.21 Å². The summed E-state index contributed by atoms with van der Waals surface area (Å²) in [5.41, 5.74) is 0. The Bertz CT molecular complexity index is 316. The van der Waals surface area contributed by atoms with E-state index < -0.39 is 10.8 Å². The van der Waals surface area contributed by atoms with E-state index in [1.54, 1.807) is 18.2 Å². The van der Waals surface area contributed by atoms with Crippen molar-refractivity contribution < 1.29 is 4.21 Å². The van der Waals surface area contributed by atoms with Gasteiger partial charge in [0.05, 0.1) is 10.8 Å². The number of halogens is 2. The predicted octanol–water partition coefficient (Wildman–Crippen LogP) is 3.51. The first kappa shape index (κ1) is 11.0. The summed E-state index contributed by atoms with van der Waals surface area (Å²) in [7, 11) is -1.02. The minimum atomic E-state index is -1.02. The molecule has 1 aromatic rings. The van der Waals surface area contributed by atoms with Crippen molar-refractivity contribution >= 4 is 34.0 Å². The highest BCUT2D eigenvalue weighted by atomic mass is 35.5. The maximum Gasteiger partial charge on any atom is 0.0556 e. The Balaban J connectivity index is 3.08. The molecule has 0 fully saturated rings. The minimum absolute atomic E-state index is 0.0783. The Labute approximate surface area is 90.5 Å². The predicted molar refractivity (Wildman–Crippen MR) is 58.0 cm³/mol. The van der Waals surface area contributed by atoms with Gasteiger partial charge in [-0.05, 0) is 18.2 Å². The summed E-state index contributed by atoms with van der Waals surface area (Å²) in [5, 5.41) is 1.13. The quantitative estimate of drug-likeness (QED) is 0.769. The van der Waals surface area contributed by atoms with Crippen LogP contribution in [0.4, 0.5) is 0 Å². The van der Waals surface area contributed by atoms with Gasteiger partial charge in [-0.1, -0.05) is 37.0 Å². The van der Waals surface area contributed by atoms with E-state index in [-0.39, 0.29) is 5.25 Å². The van der Waals surface area contributed by atoms with Crippen LogP contribution < -0.4 is 0 Å². The summed E-state index contributed by atoms with van der Waals surface area (Å²) < 4.78 is 11.6. The molecule has 72 valence electrons. The second-order valence-electron chi connectivity index (χ2n) is 2.95. The molecule has 0 heterocycles. The molecule has 0 saturated carbocycles. The number of hydrogen-bond donors (Lipinski definition) is 0. The fourth-order valence-electron chi connectivity index (χ4n) is 0.917. The molecule has 0 aliphatic carbocycles. The molecule has 0 amide bonds. The SMILES string of the molecule is CC(C)S(=O)c1cc(Cl)cc(Cl)c1. The second-order valence-corrected chi connectivity index (χ2v) is 5.83. The molecule has 0 bridgehead atoms. The monoisotopic (exact) mass is 236 g/mol. The summed E-state index contributed by atoms with van der Waals surface area (Å²) in [6.45, 7) is 3.79. The van der Waals surface area contributed by atoms with Crippen molar-refractivity contribution in [2.75, 3.05) is 0 Å². The van der Waals surface area contributed by atoms with Gasteiger partial charge in [-0.15, -0.1) is 0 Å². The maximum absolute atomic E-state index is 11.6. The molecule has 0 saturated heterocycles. The van der Waals surface area contributed by atoms with Crippen LogP contribution >= 0.6 is 23.2 Å². The Morgan fingerprint density at radius 1 is 1.15 bits per heavy atom. The van der Waals surface area contributed by atoms with Gasteiger partial charge in [-0.25, -0.2) is 0 Å². The van der Waals surface area contributed by atoms with Gasteiger partial charge in [0.1, 0.15) is 0 Å². The molecule has 0 aliphatic heterocycles. The molecule has 0 N–H and O–H groups in total. The average Bonchev–Trinajstić information content (AvgIpc) is 2.01. The van der Waals surface area contributed by atoms with Crippen LogP contribution in [0, 0.1) is 0 Å². The maximum atomic E-state index is 11.6. The van der Waals surface area contributed by atoms with Crippen molar-refractivity contribution in [2.24, 2.45) is 0 Å². The minimum Gasteiger partial charge on any atom is -0.254 e. The van der Waals surface area contributed by atoms with Gasteiger partial charge in [-0.2, -0.15) is 0 Å². The zero-order chi connectivity index (χ0) is 10.0. The first-order valence-electron chi connectivity index (χ1n) is 3.87. The molecule has 1 aromatic carbocycles. The van der Waals surface area contributed by atoms with Crippen molar-refractivity contribution in [1.82, 2.24) is 0 Å². The standard InChI is InChI=1S/C9H10Cl2OS/c1-6(2)13(12)9-4-7(10)3-8(11)5-9/h3-6H,1-2H3. The van der Waals surface area contributed by atoms with Crippen molar-refractivity contribution in [3.05, 3.63) is 28.2 Å². The molecule has 1 unspecified atom stereocenters. The average molecular weight is 237 g/mol. The van der Waals surface area contributed by atoms with Crippen molar-refractivity contribution in [3.63, 3.8) is 0 Å². The summed E-state index contributed by atoms with van der Waals surface area (Å²) in [4.78, 5) is 0.688. The normalized spacial score (nSPS) is 13.3. The van der Waals surface area contributed by atoms with Crippen LogP contribution in [-0.4, -0.2) is 9.46 Å². The topological polar surface area (TPSA) is 17.1 Å². The first-order chi connectivity index (χ1) is 6.00. The highest BCUT2D eigenvalue weighted by Crippen LogP contribution is 2.22. The Morgan fingerprint density at radius 3 is 2.00 bits per heavy atom. The number of hydrogen-bond acceptors (Lipinski definition) is 1. The highest BCUT2D eigenvalue weighted by molar-refractivity contribution is 7.85. The lowest BCUT2D eigenvalue weighted by Crippen LogP contribution is -2.05. The lowest BCUT2D eigenvalue weighted by molar-refractivity contribution is 0.677. The third-order valence-corrected chi connectivity index (χ3v) is 3.49. The zero-order valence-corrected chi connectivity index (χ0v) is 9.71. The van der Waals surface area contributed by atoms with Gasteiger partial charge in [0.2, 0.25) is 0 Å². The van der Waals surface area contributed by atoms with Crippen molar-refractivity contribution in [1.29, 1.82) is 0 Å². The van der Waals surface area contributed by atoms with Gasteiger partial charge in [-0.3, -0.25) is 4.21 Å². The van der Waals surface area contributed by atoms with E-state index in [1.807, 2.05) is 13.8 Å². The van der Waals surface area contributed by atoms with E-state index in [0.717, 1.165) is 0 Å². The van der Waals surface area contributed by atoms with Crippen molar-refractivity contribution in [3.8, 4) is 0 Å². The van der Waals surface area contributed by atoms with Crippen LogP contribution in [-0.2, 0) is 10.8 Å². The van der Waals surface area contributed by atoms with Crippen LogP contribution in [0.5, 0.6) is 0 Å². The third-order valence-electron chi connectivity index (χ3n) is 1.50.